The number of nitrogens with one attached hydrogen (secondary N) is 1. The number of nitrogens with zero attached hydrogens (tertiary/aromatic N) is 1. The van der Waals surface area contributed by atoms with E-state index in [9.17, 15) is 17.6 Å². The van der Waals surface area contributed by atoms with Crippen LogP contribution >= 0.6 is 0 Å². The van der Waals surface area contributed by atoms with Crippen LogP contribution in [0.3, 0.4) is 0 Å². The summed E-state index contributed by atoms with van der Waals surface area (Å²) in [5.41, 5.74) is 2.71. The Balaban J connectivity index is 1.57. The van der Waals surface area contributed by atoms with Gasteiger partial charge in [-0.05, 0) is 60.7 Å². The lowest BCUT2D eigenvalue weighted by Gasteiger charge is -2.25. The highest BCUT2D eigenvalue weighted by atomic mass is 32.2. The molecule has 1 fully saturated rings. The van der Waals surface area contributed by atoms with Crippen molar-refractivity contribution < 1.29 is 22.3 Å². The summed E-state index contributed by atoms with van der Waals surface area (Å²) in [6.07, 6.45) is 3.31. The number of rotatable bonds is 5. The van der Waals surface area contributed by atoms with Gasteiger partial charge in [-0.25, -0.2) is 12.8 Å². The van der Waals surface area contributed by atoms with Crippen molar-refractivity contribution in [2.75, 3.05) is 23.7 Å². The summed E-state index contributed by atoms with van der Waals surface area (Å²) in [4.78, 5) is 13.0. The van der Waals surface area contributed by atoms with Crippen LogP contribution in [0.2, 0.25) is 0 Å². The lowest BCUT2D eigenvalue weighted by molar-refractivity contribution is 0.0672. The van der Waals surface area contributed by atoms with E-state index in [4.69, 9.17) is 4.74 Å². The summed E-state index contributed by atoms with van der Waals surface area (Å²) in [5, 5.41) is 3.03. The zero-order valence-electron chi connectivity index (χ0n) is 16.1. The Hall–Kier alpha value is -2.45. The van der Waals surface area contributed by atoms with Crippen LogP contribution in [0.4, 0.5) is 10.1 Å². The minimum atomic E-state index is -3.33. The van der Waals surface area contributed by atoms with Crippen LogP contribution in [0, 0.1) is 5.82 Å². The van der Waals surface area contributed by atoms with Gasteiger partial charge in [-0.15, -0.1) is 0 Å². The number of hydrogen-bond donors (Lipinski definition) is 1. The van der Waals surface area contributed by atoms with Gasteiger partial charge in [0.25, 0.3) is 5.91 Å². The van der Waals surface area contributed by atoms with Crippen molar-refractivity contribution in [3.05, 3.63) is 65.0 Å². The largest absolute Gasteiger partial charge is 0.376 e. The molecular formula is C21H23FN2O4S. The smallest absolute Gasteiger partial charge is 0.251 e. The van der Waals surface area contributed by atoms with E-state index in [0.29, 0.717) is 30.8 Å². The fourth-order valence-electron chi connectivity index (χ4n) is 4.01. The monoisotopic (exact) mass is 418 g/mol. The summed E-state index contributed by atoms with van der Waals surface area (Å²) in [6, 6.07) is 10.7. The molecule has 2 atom stereocenters. The molecule has 2 aromatic rings. The molecule has 0 aromatic heterocycles. The number of amides is 1. The first kappa shape index (κ1) is 19.8. The van der Waals surface area contributed by atoms with Gasteiger partial charge in [0.15, 0.2) is 0 Å². The van der Waals surface area contributed by atoms with Gasteiger partial charge in [0.05, 0.1) is 24.1 Å². The molecule has 2 aromatic carbocycles. The molecule has 0 radical (unpaired) electrons. The highest BCUT2D eigenvalue weighted by Crippen LogP contribution is 2.32. The van der Waals surface area contributed by atoms with Crippen molar-refractivity contribution >= 4 is 21.6 Å². The van der Waals surface area contributed by atoms with Crippen LogP contribution in [0.1, 0.15) is 40.4 Å². The number of carbonyl (C=O) groups is 1. The second-order valence-electron chi connectivity index (χ2n) is 7.48. The maximum atomic E-state index is 13.3. The molecule has 8 heteroatoms. The molecule has 2 unspecified atom stereocenters. The first-order chi connectivity index (χ1) is 13.8. The average Bonchev–Trinajstić information content (AvgIpc) is 3.35. The van der Waals surface area contributed by atoms with Crippen LogP contribution in [-0.2, 0) is 21.2 Å². The number of ether oxygens (including phenoxy) is 1. The van der Waals surface area contributed by atoms with Crippen molar-refractivity contribution in [2.24, 2.45) is 0 Å². The predicted molar refractivity (Wildman–Crippen MR) is 108 cm³/mol. The SMILES string of the molecule is CS(=O)(=O)N1CCc2cc(C(=O)NC(c3ccc(F)cc3)C3CCCO3)ccc21. The topological polar surface area (TPSA) is 75.7 Å². The Morgan fingerprint density at radius 1 is 1.24 bits per heavy atom. The summed E-state index contributed by atoms with van der Waals surface area (Å²) in [6.45, 7) is 1.02. The molecule has 0 aliphatic carbocycles. The fraction of sp³-hybridized carbons (Fsp3) is 0.381. The zero-order valence-corrected chi connectivity index (χ0v) is 16.9. The Labute approximate surface area is 169 Å². The van der Waals surface area contributed by atoms with Crippen LogP contribution in [0.15, 0.2) is 42.5 Å². The first-order valence-corrected chi connectivity index (χ1v) is 11.5. The average molecular weight is 418 g/mol. The number of sulfonamides is 1. The van der Waals surface area contributed by atoms with E-state index in [1.165, 1.54) is 22.7 Å². The van der Waals surface area contributed by atoms with Gasteiger partial charge in [0.2, 0.25) is 10.0 Å². The Bertz CT molecular complexity index is 1020. The minimum Gasteiger partial charge on any atom is -0.376 e. The van der Waals surface area contributed by atoms with Crippen LogP contribution < -0.4 is 9.62 Å². The summed E-state index contributed by atoms with van der Waals surface area (Å²) < 4.78 is 44.3. The fourth-order valence-corrected chi connectivity index (χ4v) is 4.97. The lowest BCUT2D eigenvalue weighted by atomic mass is 9.98. The normalized spacial score (nSPS) is 19.8. The van der Waals surface area contributed by atoms with Gasteiger partial charge in [0.1, 0.15) is 5.82 Å². The van der Waals surface area contributed by atoms with Gasteiger partial charge < -0.3 is 10.1 Å². The molecule has 2 aliphatic rings. The maximum absolute atomic E-state index is 13.3. The zero-order chi connectivity index (χ0) is 20.6. The third-order valence-corrected chi connectivity index (χ3v) is 6.63. The third kappa shape index (κ3) is 4.13. The van der Waals surface area contributed by atoms with Crippen LogP contribution in [-0.4, -0.2) is 39.8 Å². The molecule has 1 amide bonds. The molecule has 1 saturated heterocycles. The predicted octanol–water partition coefficient (Wildman–Crippen LogP) is 2.80. The van der Waals surface area contributed by atoms with Crippen molar-refractivity contribution in [1.29, 1.82) is 0 Å². The van der Waals surface area contributed by atoms with E-state index >= 15 is 0 Å². The van der Waals surface area contributed by atoms with Gasteiger partial charge in [-0.3, -0.25) is 9.10 Å². The van der Waals surface area contributed by atoms with E-state index in [1.807, 2.05) is 0 Å². The van der Waals surface area contributed by atoms with E-state index in [0.717, 1.165) is 24.0 Å². The number of anilines is 1. The van der Waals surface area contributed by atoms with E-state index in [-0.39, 0.29) is 23.9 Å². The Morgan fingerprint density at radius 2 is 2.00 bits per heavy atom. The molecule has 1 N–H and O–H groups in total. The molecule has 4 rings (SSSR count). The number of fused-ring (bicyclic) bond motifs is 1. The minimum absolute atomic E-state index is 0.167. The molecule has 0 saturated carbocycles. The molecule has 6 nitrogen and oxygen atoms in total. The second-order valence-corrected chi connectivity index (χ2v) is 9.39. The van der Waals surface area contributed by atoms with Crippen molar-refractivity contribution in [2.45, 2.75) is 31.4 Å². The number of hydrogen-bond acceptors (Lipinski definition) is 4. The van der Waals surface area contributed by atoms with Crippen LogP contribution in [0.25, 0.3) is 0 Å². The number of carbonyl (C=O) groups excluding carboxylic acids is 1. The van der Waals surface area contributed by atoms with E-state index in [2.05, 4.69) is 5.32 Å². The van der Waals surface area contributed by atoms with Crippen molar-refractivity contribution in [3.63, 3.8) is 0 Å². The molecule has 0 spiro atoms. The highest BCUT2D eigenvalue weighted by Gasteiger charge is 2.30. The van der Waals surface area contributed by atoms with E-state index < -0.39 is 10.0 Å². The number of benzene rings is 2. The van der Waals surface area contributed by atoms with Gasteiger partial charge in [-0.1, -0.05) is 12.1 Å². The molecule has 2 aliphatic heterocycles. The van der Waals surface area contributed by atoms with Crippen molar-refractivity contribution in [3.8, 4) is 0 Å². The standard InChI is InChI=1S/C21H23FN2O4S/c1-29(26,27)24-11-10-15-13-16(6-9-18(15)24)21(25)23-20(19-3-2-12-28-19)14-4-7-17(22)8-5-14/h4-9,13,19-20H,2-3,10-12H2,1H3,(H,23,25). The van der Waals surface area contributed by atoms with Gasteiger partial charge in [-0.2, -0.15) is 0 Å². The van der Waals surface area contributed by atoms with Gasteiger partial charge in [0, 0.05) is 18.7 Å². The lowest BCUT2D eigenvalue weighted by Crippen LogP contribution is -2.36. The van der Waals surface area contributed by atoms with E-state index in [1.54, 1.807) is 30.3 Å². The Kier molecular flexibility index (Phi) is 5.31. The third-order valence-electron chi connectivity index (χ3n) is 5.45. The summed E-state index contributed by atoms with van der Waals surface area (Å²) in [7, 11) is -3.33. The molecule has 154 valence electrons. The second kappa shape index (κ2) is 7.76. The van der Waals surface area contributed by atoms with Gasteiger partial charge >= 0.3 is 0 Å². The first-order valence-electron chi connectivity index (χ1n) is 9.61. The van der Waals surface area contributed by atoms with Crippen LogP contribution in [0.5, 0.6) is 0 Å². The summed E-state index contributed by atoms with van der Waals surface area (Å²) in [5.74, 6) is -0.601. The number of halogens is 1. The molecular weight excluding hydrogens is 395 g/mol. The maximum Gasteiger partial charge on any atom is 0.251 e. The molecule has 2 heterocycles. The molecule has 0 bridgehead atoms. The van der Waals surface area contributed by atoms with Crippen molar-refractivity contribution in [1.82, 2.24) is 5.32 Å². The highest BCUT2D eigenvalue weighted by molar-refractivity contribution is 7.92. The summed E-state index contributed by atoms with van der Waals surface area (Å²) >= 11 is 0. The quantitative estimate of drug-likeness (QED) is 0.810. The molecule has 29 heavy (non-hydrogen) atoms. The Morgan fingerprint density at radius 3 is 2.66 bits per heavy atom.